The molecule has 1 heterocycles. The lowest BCUT2D eigenvalue weighted by molar-refractivity contribution is -0.120. The number of hydrogen-bond donors (Lipinski definition) is 1. The number of benzene rings is 1. The summed E-state index contributed by atoms with van der Waals surface area (Å²) in [6.45, 7) is 3.91. The van der Waals surface area contributed by atoms with Gasteiger partial charge in [-0.05, 0) is 25.5 Å². The smallest absolute Gasteiger partial charge is 0.217 e. The van der Waals surface area contributed by atoms with Crippen molar-refractivity contribution in [2.75, 3.05) is 13.1 Å². The van der Waals surface area contributed by atoms with Gasteiger partial charge in [-0.25, -0.2) is 4.39 Å². The van der Waals surface area contributed by atoms with E-state index in [0.29, 0.717) is 6.54 Å². The normalized spacial score (nSPS) is 20.7. The van der Waals surface area contributed by atoms with Crippen LogP contribution in [0.1, 0.15) is 25.3 Å². The van der Waals surface area contributed by atoms with Gasteiger partial charge in [-0.1, -0.05) is 18.2 Å². The molecular formula is C14H19FN2O. The van der Waals surface area contributed by atoms with E-state index in [2.05, 4.69) is 10.2 Å². The average molecular weight is 250 g/mol. The van der Waals surface area contributed by atoms with Gasteiger partial charge in [0, 0.05) is 31.6 Å². The van der Waals surface area contributed by atoms with Crippen LogP contribution in [-0.2, 0) is 11.3 Å². The molecule has 2 rings (SSSR count). The lowest BCUT2D eigenvalue weighted by Crippen LogP contribution is -2.46. The zero-order valence-corrected chi connectivity index (χ0v) is 10.7. The summed E-state index contributed by atoms with van der Waals surface area (Å²) in [5, 5.41) is 2.94. The Bertz CT molecular complexity index is 422. The van der Waals surface area contributed by atoms with Crippen molar-refractivity contribution in [1.29, 1.82) is 0 Å². The van der Waals surface area contributed by atoms with Crippen LogP contribution < -0.4 is 5.32 Å². The average Bonchev–Trinajstić information content (AvgIpc) is 2.32. The maximum absolute atomic E-state index is 13.6. The number of nitrogens with zero attached hydrogens (tertiary/aromatic N) is 1. The number of halogens is 1. The number of likely N-dealkylation sites (tertiary alicyclic amines) is 1. The van der Waals surface area contributed by atoms with Crippen molar-refractivity contribution in [3.63, 3.8) is 0 Å². The predicted molar refractivity (Wildman–Crippen MR) is 68.5 cm³/mol. The Balaban J connectivity index is 1.93. The number of hydrogen-bond acceptors (Lipinski definition) is 2. The first-order valence-corrected chi connectivity index (χ1v) is 6.38. The predicted octanol–water partition coefficient (Wildman–Crippen LogP) is 1.93. The van der Waals surface area contributed by atoms with Crippen molar-refractivity contribution >= 4 is 5.91 Å². The van der Waals surface area contributed by atoms with Gasteiger partial charge in [0.05, 0.1) is 0 Å². The Morgan fingerprint density at radius 3 is 3.00 bits per heavy atom. The van der Waals surface area contributed by atoms with Crippen molar-refractivity contribution < 1.29 is 9.18 Å². The van der Waals surface area contributed by atoms with E-state index in [1.54, 1.807) is 6.07 Å². The van der Waals surface area contributed by atoms with Crippen molar-refractivity contribution in [1.82, 2.24) is 10.2 Å². The van der Waals surface area contributed by atoms with Gasteiger partial charge in [-0.15, -0.1) is 0 Å². The number of rotatable bonds is 3. The van der Waals surface area contributed by atoms with Gasteiger partial charge in [0.15, 0.2) is 0 Å². The minimum absolute atomic E-state index is 0.00717. The second-order valence-electron chi connectivity index (χ2n) is 4.87. The third-order valence-corrected chi connectivity index (χ3v) is 3.26. The second kappa shape index (κ2) is 5.96. The fraction of sp³-hybridized carbons (Fsp3) is 0.500. The number of nitrogens with one attached hydrogen (secondary N) is 1. The highest BCUT2D eigenvalue weighted by atomic mass is 19.1. The number of carbonyl (C=O) groups excluding carboxylic acids is 1. The molecule has 18 heavy (non-hydrogen) atoms. The molecule has 1 fully saturated rings. The molecule has 98 valence electrons. The quantitative estimate of drug-likeness (QED) is 0.889. The van der Waals surface area contributed by atoms with Crippen LogP contribution in [0.25, 0.3) is 0 Å². The van der Waals surface area contributed by atoms with Crippen LogP contribution in [0.15, 0.2) is 24.3 Å². The highest BCUT2D eigenvalue weighted by molar-refractivity contribution is 5.73. The third-order valence-electron chi connectivity index (χ3n) is 3.26. The SMILES string of the molecule is CC(=O)NC1CCCN(Cc2ccccc2F)C1. The Morgan fingerprint density at radius 1 is 1.50 bits per heavy atom. The van der Waals surface area contributed by atoms with Gasteiger partial charge in [-0.3, -0.25) is 9.69 Å². The van der Waals surface area contributed by atoms with E-state index in [0.717, 1.165) is 31.5 Å². The number of amides is 1. The molecule has 4 heteroatoms. The Hall–Kier alpha value is -1.42. The minimum Gasteiger partial charge on any atom is -0.352 e. The molecule has 1 N–H and O–H groups in total. The Morgan fingerprint density at radius 2 is 2.28 bits per heavy atom. The highest BCUT2D eigenvalue weighted by Gasteiger charge is 2.20. The fourth-order valence-corrected chi connectivity index (χ4v) is 2.47. The molecule has 0 spiro atoms. The summed E-state index contributed by atoms with van der Waals surface area (Å²) in [7, 11) is 0. The minimum atomic E-state index is -0.154. The molecule has 1 aliphatic rings. The topological polar surface area (TPSA) is 32.3 Å². The second-order valence-corrected chi connectivity index (χ2v) is 4.87. The molecular weight excluding hydrogens is 231 g/mol. The van der Waals surface area contributed by atoms with Crippen LogP contribution in [0.3, 0.4) is 0 Å². The fourth-order valence-electron chi connectivity index (χ4n) is 2.47. The zero-order valence-electron chi connectivity index (χ0n) is 10.7. The van der Waals surface area contributed by atoms with Crippen molar-refractivity contribution in [2.24, 2.45) is 0 Å². The third kappa shape index (κ3) is 3.53. The first kappa shape index (κ1) is 13.0. The largest absolute Gasteiger partial charge is 0.352 e. The molecule has 0 saturated carbocycles. The van der Waals surface area contributed by atoms with Crippen LogP contribution in [-0.4, -0.2) is 29.9 Å². The van der Waals surface area contributed by atoms with Gasteiger partial charge in [0.25, 0.3) is 0 Å². The van der Waals surface area contributed by atoms with E-state index in [9.17, 15) is 9.18 Å². The molecule has 0 aliphatic carbocycles. The Labute approximate surface area is 107 Å². The van der Waals surface area contributed by atoms with Gasteiger partial charge < -0.3 is 5.32 Å². The lowest BCUT2D eigenvalue weighted by Gasteiger charge is -2.33. The maximum Gasteiger partial charge on any atom is 0.217 e. The van der Waals surface area contributed by atoms with Crippen LogP contribution >= 0.6 is 0 Å². The molecule has 1 amide bonds. The van der Waals surface area contributed by atoms with Gasteiger partial charge in [-0.2, -0.15) is 0 Å². The summed E-state index contributed by atoms with van der Waals surface area (Å²) in [4.78, 5) is 13.2. The molecule has 3 nitrogen and oxygen atoms in total. The molecule has 0 bridgehead atoms. The van der Waals surface area contributed by atoms with E-state index in [1.807, 2.05) is 12.1 Å². The summed E-state index contributed by atoms with van der Waals surface area (Å²) in [5.74, 6) is -0.146. The summed E-state index contributed by atoms with van der Waals surface area (Å²) in [5.41, 5.74) is 0.723. The Kier molecular flexibility index (Phi) is 4.31. The van der Waals surface area contributed by atoms with E-state index < -0.39 is 0 Å². The number of carbonyl (C=O) groups is 1. The summed E-state index contributed by atoms with van der Waals surface area (Å²) in [6.07, 6.45) is 2.05. The van der Waals surface area contributed by atoms with E-state index >= 15 is 0 Å². The standard InChI is InChI=1S/C14H19FN2O/c1-11(18)16-13-6-4-8-17(10-13)9-12-5-2-3-7-14(12)15/h2-3,5,7,13H,4,6,8-10H2,1H3,(H,16,18). The van der Waals surface area contributed by atoms with Crippen LogP contribution in [0.4, 0.5) is 4.39 Å². The number of piperidine rings is 1. The molecule has 1 atom stereocenters. The molecule has 1 aromatic rings. The van der Waals surface area contributed by atoms with Gasteiger partial charge in [0.2, 0.25) is 5.91 Å². The summed E-state index contributed by atoms with van der Waals surface area (Å²) >= 11 is 0. The van der Waals surface area contributed by atoms with E-state index in [-0.39, 0.29) is 17.8 Å². The van der Waals surface area contributed by atoms with Crippen LogP contribution in [0.2, 0.25) is 0 Å². The molecule has 0 radical (unpaired) electrons. The van der Waals surface area contributed by atoms with Gasteiger partial charge >= 0.3 is 0 Å². The summed E-state index contributed by atoms with van der Waals surface area (Å²) in [6, 6.07) is 7.06. The molecule has 1 saturated heterocycles. The molecule has 0 aromatic heterocycles. The van der Waals surface area contributed by atoms with Crippen LogP contribution in [0, 0.1) is 5.82 Å². The molecule has 1 unspecified atom stereocenters. The van der Waals surface area contributed by atoms with E-state index in [1.165, 1.54) is 13.0 Å². The van der Waals surface area contributed by atoms with Crippen molar-refractivity contribution in [2.45, 2.75) is 32.4 Å². The van der Waals surface area contributed by atoms with E-state index in [4.69, 9.17) is 0 Å². The van der Waals surface area contributed by atoms with Crippen molar-refractivity contribution in [3.05, 3.63) is 35.6 Å². The monoisotopic (exact) mass is 250 g/mol. The van der Waals surface area contributed by atoms with Crippen molar-refractivity contribution in [3.8, 4) is 0 Å². The maximum atomic E-state index is 13.6. The first-order chi connectivity index (χ1) is 8.65. The summed E-state index contributed by atoms with van der Waals surface area (Å²) < 4.78 is 13.6. The van der Waals surface area contributed by atoms with Crippen LogP contribution in [0.5, 0.6) is 0 Å². The lowest BCUT2D eigenvalue weighted by atomic mass is 10.0. The molecule has 1 aliphatic heterocycles. The zero-order chi connectivity index (χ0) is 13.0. The van der Waals surface area contributed by atoms with Gasteiger partial charge in [0.1, 0.15) is 5.82 Å². The molecule has 1 aromatic carbocycles. The highest BCUT2D eigenvalue weighted by Crippen LogP contribution is 2.15. The first-order valence-electron chi connectivity index (χ1n) is 6.38.